The summed E-state index contributed by atoms with van der Waals surface area (Å²) in [6, 6.07) is 8.62. The number of aromatic amines is 1. The molecule has 1 aromatic carbocycles. The average Bonchev–Trinajstić information content (AvgIpc) is 2.82. The number of H-pyrrole nitrogens is 1. The Morgan fingerprint density at radius 1 is 1.05 bits per heavy atom. The number of fused-ring (bicyclic) bond motifs is 1. The van der Waals surface area contributed by atoms with E-state index in [1.165, 1.54) is 16.5 Å². The molecular weight excluding hydrogens is 232 g/mol. The second-order valence-corrected chi connectivity index (χ2v) is 6.14. The van der Waals surface area contributed by atoms with E-state index < -0.39 is 0 Å². The molecule has 0 fully saturated rings. The molecule has 0 unspecified atom stereocenters. The first-order valence-corrected chi connectivity index (χ1v) is 7.35. The topological polar surface area (TPSA) is 27.8 Å². The van der Waals surface area contributed by atoms with Gasteiger partial charge in [-0.1, -0.05) is 39.8 Å². The quantitative estimate of drug-likeness (QED) is 0.799. The summed E-state index contributed by atoms with van der Waals surface area (Å²) in [7, 11) is 0. The van der Waals surface area contributed by atoms with E-state index in [2.05, 4.69) is 62.3 Å². The third kappa shape index (κ3) is 3.38. The predicted octanol–water partition coefficient (Wildman–Crippen LogP) is 4.19. The molecule has 19 heavy (non-hydrogen) atoms. The number of nitrogens with one attached hydrogen (secondary N) is 2. The van der Waals surface area contributed by atoms with Crippen LogP contribution in [0.25, 0.3) is 10.9 Å². The third-order valence-electron chi connectivity index (χ3n) is 4.09. The molecule has 0 aliphatic heterocycles. The van der Waals surface area contributed by atoms with Gasteiger partial charge in [0.15, 0.2) is 0 Å². The lowest BCUT2D eigenvalue weighted by Crippen LogP contribution is -2.29. The van der Waals surface area contributed by atoms with Gasteiger partial charge in [0.1, 0.15) is 0 Å². The van der Waals surface area contributed by atoms with Crippen molar-refractivity contribution < 1.29 is 0 Å². The van der Waals surface area contributed by atoms with E-state index in [1.54, 1.807) is 0 Å². The van der Waals surface area contributed by atoms with Crippen molar-refractivity contribution in [2.45, 2.75) is 34.2 Å². The van der Waals surface area contributed by atoms with E-state index >= 15 is 0 Å². The lowest BCUT2D eigenvalue weighted by atomic mass is 9.85. The minimum atomic E-state index is 0.732. The van der Waals surface area contributed by atoms with Crippen LogP contribution < -0.4 is 5.32 Å². The Labute approximate surface area is 116 Å². The van der Waals surface area contributed by atoms with Crippen LogP contribution in [-0.4, -0.2) is 11.5 Å². The molecule has 0 saturated carbocycles. The van der Waals surface area contributed by atoms with Crippen molar-refractivity contribution in [3.05, 3.63) is 36.0 Å². The van der Waals surface area contributed by atoms with E-state index in [0.717, 1.165) is 30.8 Å². The van der Waals surface area contributed by atoms with Crippen molar-refractivity contribution in [3.63, 3.8) is 0 Å². The molecule has 0 aliphatic carbocycles. The number of benzene rings is 1. The highest BCUT2D eigenvalue weighted by Gasteiger charge is 2.16. The summed E-state index contributed by atoms with van der Waals surface area (Å²) in [5.41, 5.74) is 2.61. The normalized spacial score (nSPS) is 12.2. The number of aromatic nitrogens is 1. The van der Waals surface area contributed by atoms with Crippen LogP contribution in [0.5, 0.6) is 0 Å². The lowest BCUT2D eigenvalue weighted by Gasteiger charge is -2.25. The Morgan fingerprint density at radius 2 is 1.79 bits per heavy atom. The molecule has 0 amide bonds. The molecule has 2 nitrogen and oxygen atoms in total. The molecule has 1 heterocycles. The molecule has 0 radical (unpaired) electrons. The van der Waals surface area contributed by atoms with Gasteiger partial charge in [-0.2, -0.15) is 0 Å². The Bertz CT molecular complexity index is 503. The van der Waals surface area contributed by atoms with Crippen molar-refractivity contribution in [2.75, 3.05) is 6.54 Å². The van der Waals surface area contributed by atoms with Gasteiger partial charge in [0.05, 0.1) is 0 Å². The fraction of sp³-hybridized carbons (Fsp3) is 0.529. The van der Waals surface area contributed by atoms with Gasteiger partial charge in [-0.25, -0.2) is 0 Å². The SMILES string of the molecule is CC(C)C(CNCc1cccc2[nH]ccc12)C(C)C. The Kier molecular flexibility index (Phi) is 4.65. The van der Waals surface area contributed by atoms with Gasteiger partial charge in [0.2, 0.25) is 0 Å². The van der Waals surface area contributed by atoms with Crippen molar-refractivity contribution in [1.29, 1.82) is 0 Å². The summed E-state index contributed by atoms with van der Waals surface area (Å²) in [5, 5.41) is 4.97. The van der Waals surface area contributed by atoms with Crippen LogP contribution in [-0.2, 0) is 6.54 Å². The lowest BCUT2D eigenvalue weighted by molar-refractivity contribution is 0.275. The summed E-state index contributed by atoms with van der Waals surface area (Å²) in [5.74, 6) is 2.21. The van der Waals surface area contributed by atoms with Crippen LogP contribution in [0, 0.1) is 17.8 Å². The van der Waals surface area contributed by atoms with Gasteiger partial charge in [-0.3, -0.25) is 0 Å². The summed E-state index contributed by atoms with van der Waals surface area (Å²) in [4.78, 5) is 3.27. The van der Waals surface area contributed by atoms with Gasteiger partial charge >= 0.3 is 0 Å². The molecule has 104 valence electrons. The van der Waals surface area contributed by atoms with E-state index in [-0.39, 0.29) is 0 Å². The summed E-state index contributed by atoms with van der Waals surface area (Å²) < 4.78 is 0. The zero-order chi connectivity index (χ0) is 13.8. The number of hydrogen-bond donors (Lipinski definition) is 2. The van der Waals surface area contributed by atoms with Crippen molar-refractivity contribution in [2.24, 2.45) is 17.8 Å². The molecule has 2 rings (SSSR count). The van der Waals surface area contributed by atoms with E-state index in [9.17, 15) is 0 Å². The highest BCUT2D eigenvalue weighted by Crippen LogP contribution is 2.20. The average molecular weight is 258 g/mol. The first-order chi connectivity index (χ1) is 9.09. The largest absolute Gasteiger partial charge is 0.361 e. The van der Waals surface area contributed by atoms with Crippen LogP contribution in [0.15, 0.2) is 30.5 Å². The van der Waals surface area contributed by atoms with Crippen molar-refractivity contribution in [1.82, 2.24) is 10.3 Å². The zero-order valence-electron chi connectivity index (χ0n) is 12.5. The van der Waals surface area contributed by atoms with E-state index in [4.69, 9.17) is 0 Å². The number of hydrogen-bond acceptors (Lipinski definition) is 1. The Balaban J connectivity index is 1.97. The van der Waals surface area contributed by atoms with Gasteiger partial charge < -0.3 is 10.3 Å². The van der Waals surface area contributed by atoms with Crippen LogP contribution in [0.1, 0.15) is 33.3 Å². The molecule has 0 spiro atoms. The highest BCUT2D eigenvalue weighted by molar-refractivity contribution is 5.82. The maximum atomic E-state index is 3.63. The van der Waals surface area contributed by atoms with Gasteiger partial charge in [0, 0.05) is 23.6 Å². The van der Waals surface area contributed by atoms with Crippen molar-refractivity contribution in [3.8, 4) is 0 Å². The van der Waals surface area contributed by atoms with Gasteiger partial charge in [-0.05, 0) is 42.0 Å². The predicted molar refractivity (Wildman–Crippen MR) is 83.2 cm³/mol. The van der Waals surface area contributed by atoms with Crippen LogP contribution in [0.3, 0.4) is 0 Å². The Morgan fingerprint density at radius 3 is 2.47 bits per heavy atom. The molecule has 0 atom stereocenters. The standard InChI is InChI=1S/C17H26N2/c1-12(2)16(13(3)4)11-18-10-14-6-5-7-17-15(14)8-9-19-17/h5-9,12-13,16,18-19H,10-11H2,1-4H3. The first-order valence-electron chi connectivity index (χ1n) is 7.35. The van der Waals surface area contributed by atoms with E-state index in [0.29, 0.717) is 0 Å². The molecule has 0 saturated heterocycles. The van der Waals surface area contributed by atoms with Crippen LogP contribution in [0.4, 0.5) is 0 Å². The molecular formula is C17H26N2. The maximum absolute atomic E-state index is 3.63. The third-order valence-corrected chi connectivity index (χ3v) is 4.09. The molecule has 0 aliphatic rings. The second-order valence-electron chi connectivity index (χ2n) is 6.14. The molecule has 2 N–H and O–H groups in total. The second kappa shape index (κ2) is 6.25. The minimum Gasteiger partial charge on any atom is -0.361 e. The fourth-order valence-corrected chi connectivity index (χ4v) is 2.92. The van der Waals surface area contributed by atoms with Crippen LogP contribution in [0.2, 0.25) is 0 Å². The summed E-state index contributed by atoms with van der Waals surface area (Å²) in [6.45, 7) is 11.3. The summed E-state index contributed by atoms with van der Waals surface area (Å²) >= 11 is 0. The zero-order valence-corrected chi connectivity index (χ0v) is 12.5. The molecule has 2 heteroatoms. The molecule has 0 bridgehead atoms. The number of rotatable bonds is 6. The van der Waals surface area contributed by atoms with Gasteiger partial charge in [-0.15, -0.1) is 0 Å². The van der Waals surface area contributed by atoms with Gasteiger partial charge in [0.25, 0.3) is 0 Å². The summed E-state index contributed by atoms with van der Waals surface area (Å²) in [6.07, 6.45) is 2.01. The van der Waals surface area contributed by atoms with Crippen molar-refractivity contribution >= 4 is 10.9 Å². The molecule has 2 aromatic rings. The van der Waals surface area contributed by atoms with E-state index in [1.807, 2.05) is 6.20 Å². The monoisotopic (exact) mass is 258 g/mol. The highest BCUT2D eigenvalue weighted by atomic mass is 14.9. The fourth-order valence-electron chi connectivity index (χ4n) is 2.92. The smallest absolute Gasteiger partial charge is 0.0457 e. The minimum absolute atomic E-state index is 0.732. The van der Waals surface area contributed by atoms with Crippen LogP contribution >= 0.6 is 0 Å². The molecule has 1 aromatic heterocycles. The Hall–Kier alpha value is -1.28. The maximum Gasteiger partial charge on any atom is 0.0457 e. The first kappa shape index (κ1) is 14.1.